The second kappa shape index (κ2) is 9.29. The van der Waals surface area contributed by atoms with E-state index in [0.29, 0.717) is 17.9 Å². The Bertz CT molecular complexity index is 1260. The van der Waals surface area contributed by atoms with Crippen LogP contribution in [0.3, 0.4) is 0 Å². The van der Waals surface area contributed by atoms with Crippen molar-refractivity contribution in [2.45, 2.75) is 46.3 Å². The first-order chi connectivity index (χ1) is 15.3. The third kappa shape index (κ3) is 4.72. The van der Waals surface area contributed by atoms with E-state index in [4.69, 9.17) is 17.3 Å². The highest BCUT2D eigenvalue weighted by molar-refractivity contribution is 7.91. The summed E-state index contributed by atoms with van der Waals surface area (Å²) in [6.45, 7) is 7.58. The van der Waals surface area contributed by atoms with Crippen LogP contribution in [0.1, 0.15) is 30.9 Å². The monoisotopic (exact) mass is 470 g/mol. The molecule has 2 aromatic carbocycles. The predicted octanol–water partition coefficient (Wildman–Crippen LogP) is 4.54. The molecule has 1 fully saturated rings. The Hall–Kier alpha value is -2.29. The topological polar surface area (TPSA) is 60.1 Å². The number of hydrogen-bond acceptors (Lipinski definition) is 5. The highest BCUT2D eigenvalue weighted by atomic mass is 32.2. The SMILES string of the molecule is CCCN(Cn1nc(-c2ccccc2)n(-c2ccc(C)c(C)c2)c1=S)C1CCS(=O)(=O)C1. The number of aryl methyl sites for hydroxylation is 2. The molecule has 1 unspecified atom stereocenters. The molecule has 6 nitrogen and oxygen atoms in total. The summed E-state index contributed by atoms with van der Waals surface area (Å²) in [6.07, 6.45) is 1.60. The van der Waals surface area contributed by atoms with Gasteiger partial charge in [0.2, 0.25) is 4.77 Å². The van der Waals surface area contributed by atoms with Gasteiger partial charge in [0.15, 0.2) is 15.7 Å². The number of rotatable bonds is 7. The van der Waals surface area contributed by atoms with Crippen molar-refractivity contribution in [3.8, 4) is 17.1 Å². The summed E-state index contributed by atoms with van der Waals surface area (Å²) in [5.41, 5.74) is 4.39. The van der Waals surface area contributed by atoms with Gasteiger partial charge in [0, 0.05) is 11.6 Å². The molecule has 1 saturated heterocycles. The van der Waals surface area contributed by atoms with Crippen molar-refractivity contribution in [2.75, 3.05) is 18.1 Å². The van der Waals surface area contributed by atoms with Gasteiger partial charge in [0.05, 0.1) is 23.9 Å². The second-order valence-corrected chi connectivity index (χ2v) is 11.2. The Balaban J connectivity index is 1.78. The molecule has 170 valence electrons. The Morgan fingerprint density at radius 3 is 2.50 bits per heavy atom. The molecule has 4 rings (SSSR count). The van der Waals surface area contributed by atoms with Gasteiger partial charge in [0.25, 0.3) is 0 Å². The summed E-state index contributed by atoms with van der Waals surface area (Å²) in [6, 6.07) is 16.4. The Kier molecular flexibility index (Phi) is 6.65. The van der Waals surface area contributed by atoms with Crippen LogP contribution in [-0.4, -0.2) is 51.8 Å². The Morgan fingerprint density at radius 2 is 1.88 bits per heavy atom. The van der Waals surface area contributed by atoms with Crippen LogP contribution in [-0.2, 0) is 16.5 Å². The maximum Gasteiger partial charge on any atom is 0.204 e. The summed E-state index contributed by atoms with van der Waals surface area (Å²) < 4.78 is 28.6. The number of nitrogens with zero attached hydrogens (tertiary/aromatic N) is 4. The van der Waals surface area contributed by atoms with Crippen LogP contribution in [0.5, 0.6) is 0 Å². The minimum Gasteiger partial charge on any atom is -0.280 e. The molecule has 1 aliphatic rings. The average Bonchev–Trinajstić information content (AvgIpc) is 3.29. The van der Waals surface area contributed by atoms with E-state index in [9.17, 15) is 8.42 Å². The lowest BCUT2D eigenvalue weighted by Crippen LogP contribution is -2.38. The average molecular weight is 471 g/mol. The Labute approximate surface area is 195 Å². The van der Waals surface area contributed by atoms with Gasteiger partial charge in [-0.25, -0.2) is 13.1 Å². The molecule has 2 heterocycles. The first-order valence-corrected chi connectivity index (χ1v) is 13.3. The van der Waals surface area contributed by atoms with Gasteiger partial charge in [-0.05, 0) is 68.7 Å². The molecule has 0 bridgehead atoms. The van der Waals surface area contributed by atoms with Crippen molar-refractivity contribution in [3.05, 3.63) is 64.4 Å². The van der Waals surface area contributed by atoms with Gasteiger partial charge in [-0.1, -0.05) is 43.3 Å². The molecule has 8 heteroatoms. The van der Waals surface area contributed by atoms with Crippen molar-refractivity contribution in [3.63, 3.8) is 0 Å². The van der Waals surface area contributed by atoms with Gasteiger partial charge >= 0.3 is 0 Å². The fraction of sp³-hybridized carbons (Fsp3) is 0.417. The molecule has 1 atom stereocenters. The smallest absolute Gasteiger partial charge is 0.204 e. The van der Waals surface area contributed by atoms with Gasteiger partial charge < -0.3 is 0 Å². The first kappa shape index (κ1) is 22.9. The van der Waals surface area contributed by atoms with E-state index in [-0.39, 0.29) is 17.5 Å². The third-order valence-electron chi connectivity index (χ3n) is 6.17. The molecule has 1 aliphatic heterocycles. The number of aromatic nitrogens is 3. The van der Waals surface area contributed by atoms with Gasteiger partial charge in [-0.15, -0.1) is 5.10 Å². The fourth-order valence-electron chi connectivity index (χ4n) is 4.26. The number of hydrogen-bond donors (Lipinski definition) is 0. The molecule has 0 amide bonds. The molecule has 1 aromatic heterocycles. The van der Waals surface area contributed by atoms with Crippen LogP contribution in [0.4, 0.5) is 0 Å². The summed E-state index contributed by atoms with van der Waals surface area (Å²) in [7, 11) is -2.96. The summed E-state index contributed by atoms with van der Waals surface area (Å²) in [5, 5.41) is 4.92. The standard InChI is InChI=1S/C24H30N4O2S2/c1-4-13-26(22-12-14-32(29,30)16-22)17-27-24(31)28(21-11-10-18(2)19(3)15-21)23(25-27)20-8-6-5-7-9-20/h5-11,15,22H,4,12-14,16-17H2,1-3H3. The lowest BCUT2D eigenvalue weighted by atomic mass is 10.1. The largest absolute Gasteiger partial charge is 0.280 e. The van der Waals surface area contributed by atoms with E-state index < -0.39 is 9.84 Å². The van der Waals surface area contributed by atoms with E-state index >= 15 is 0 Å². The molecule has 0 aliphatic carbocycles. The number of benzene rings is 2. The normalized spacial score (nSPS) is 17.8. The minimum absolute atomic E-state index is 0.00814. The van der Waals surface area contributed by atoms with Crippen molar-refractivity contribution in [1.29, 1.82) is 0 Å². The van der Waals surface area contributed by atoms with Crippen LogP contribution in [0.15, 0.2) is 48.5 Å². The zero-order chi connectivity index (χ0) is 22.9. The molecule has 0 spiro atoms. The highest BCUT2D eigenvalue weighted by Gasteiger charge is 2.32. The summed E-state index contributed by atoms with van der Waals surface area (Å²) in [5.74, 6) is 1.26. The van der Waals surface area contributed by atoms with E-state index in [1.54, 1.807) is 0 Å². The Morgan fingerprint density at radius 1 is 1.12 bits per heavy atom. The molecule has 3 aromatic rings. The van der Waals surface area contributed by atoms with Crippen LogP contribution in [0.25, 0.3) is 17.1 Å². The van der Waals surface area contributed by atoms with Gasteiger partial charge in [-0.2, -0.15) is 0 Å². The molecule has 0 saturated carbocycles. The van der Waals surface area contributed by atoms with E-state index in [0.717, 1.165) is 30.0 Å². The van der Waals surface area contributed by atoms with E-state index in [1.807, 2.05) is 39.6 Å². The van der Waals surface area contributed by atoms with Crippen molar-refractivity contribution in [2.24, 2.45) is 0 Å². The zero-order valence-electron chi connectivity index (χ0n) is 18.9. The van der Waals surface area contributed by atoms with Gasteiger partial charge in [-0.3, -0.25) is 9.47 Å². The molecule has 32 heavy (non-hydrogen) atoms. The lowest BCUT2D eigenvalue weighted by molar-refractivity contribution is 0.155. The van der Waals surface area contributed by atoms with Crippen molar-refractivity contribution >= 4 is 22.1 Å². The maximum absolute atomic E-state index is 12.1. The van der Waals surface area contributed by atoms with Crippen LogP contribution >= 0.6 is 12.2 Å². The fourth-order valence-corrected chi connectivity index (χ4v) is 6.31. The summed E-state index contributed by atoms with van der Waals surface area (Å²) in [4.78, 5) is 2.22. The molecular formula is C24H30N4O2S2. The van der Waals surface area contributed by atoms with Crippen molar-refractivity contribution in [1.82, 2.24) is 19.2 Å². The molecule has 0 radical (unpaired) electrons. The molecular weight excluding hydrogens is 440 g/mol. The van der Waals surface area contributed by atoms with Crippen LogP contribution in [0, 0.1) is 18.6 Å². The quantitative estimate of drug-likeness (QED) is 0.474. The van der Waals surface area contributed by atoms with Crippen LogP contribution in [0.2, 0.25) is 0 Å². The van der Waals surface area contributed by atoms with E-state index in [2.05, 4.69) is 43.9 Å². The zero-order valence-corrected chi connectivity index (χ0v) is 20.5. The predicted molar refractivity (Wildman–Crippen MR) is 131 cm³/mol. The van der Waals surface area contributed by atoms with Crippen LogP contribution < -0.4 is 0 Å². The van der Waals surface area contributed by atoms with E-state index in [1.165, 1.54) is 11.1 Å². The van der Waals surface area contributed by atoms with Crippen molar-refractivity contribution < 1.29 is 8.42 Å². The summed E-state index contributed by atoms with van der Waals surface area (Å²) >= 11 is 5.91. The first-order valence-electron chi connectivity index (χ1n) is 11.1. The number of sulfone groups is 1. The highest BCUT2D eigenvalue weighted by Crippen LogP contribution is 2.25. The lowest BCUT2D eigenvalue weighted by Gasteiger charge is -2.27. The second-order valence-electron chi connectivity index (χ2n) is 8.59. The third-order valence-corrected chi connectivity index (χ3v) is 8.31. The minimum atomic E-state index is -2.96. The maximum atomic E-state index is 12.1. The van der Waals surface area contributed by atoms with Gasteiger partial charge in [0.1, 0.15) is 0 Å². The molecule has 0 N–H and O–H groups in total.